The normalized spacial score (nSPS) is 11.5. The van der Waals surface area contributed by atoms with Crippen molar-refractivity contribution in [2.45, 2.75) is 38.7 Å². The Morgan fingerprint density at radius 1 is 0.614 bits per heavy atom. The van der Waals surface area contributed by atoms with Gasteiger partial charge in [-0.3, -0.25) is 4.98 Å². The summed E-state index contributed by atoms with van der Waals surface area (Å²) < 4.78 is 106. The van der Waals surface area contributed by atoms with Gasteiger partial charge in [0.05, 0.1) is 11.3 Å². The minimum absolute atomic E-state index is 0.0455. The highest BCUT2D eigenvalue weighted by Gasteiger charge is 2.38. The number of pyridine rings is 1. The van der Waals surface area contributed by atoms with E-state index in [0.717, 1.165) is 73.7 Å². The van der Waals surface area contributed by atoms with E-state index in [-0.39, 0.29) is 22.3 Å². The summed E-state index contributed by atoms with van der Waals surface area (Å²) in [7, 11) is 0. The fourth-order valence-corrected chi connectivity index (χ4v) is 4.81. The summed E-state index contributed by atoms with van der Waals surface area (Å²) >= 11 is 0. The fourth-order valence-electron chi connectivity index (χ4n) is 4.81. The average molecular weight is 610 g/mol. The third kappa shape index (κ3) is 6.77. The van der Waals surface area contributed by atoms with E-state index in [2.05, 4.69) is 11.9 Å². The number of hydrogen-bond acceptors (Lipinski definition) is 2. The first-order valence-corrected chi connectivity index (χ1v) is 13.9. The van der Waals surface area contributed by atoms with Crippen LogP contribution in [0.3, 0.4) is 0 Å². The molecule has 226 valence electrons. The van der Waals surface area contributed by atoms with Gasteiger partial charge >= 0.3 is 6.11 Å². The van der Waals surface area contributed by atoms with Crippen LogP contribution >= 0.6 is 0 Å². The smallest absolute Gasteiger partial charge is 0.429 e. The molecular formula is C35H26F7NO. The first-order valence-electron chi connectivity index (χ1n) is 13.9. The highest BCUT2D eigenvalue weighted by molar-refractivity contribution is 5.72. The van der Waals surface area contributed by atoms with Crippen molar-refractivity contribution in [2.75, 3.05) is 0 Å². The zero-order chi connectivity index (χ0) is 31.4. The number of aromatic nitrogens is 1. The second kappa shape index (κ2) is 12.9. The zero-order valence-electron chi connectivity index (χ0n) is 23.5. The SMILES string of the molecule is CCCCCc1ccc(-c2ccc(C(F)(F)Oc3ccc(-c4ccc(-c5ccc(F)c(F)c5)c(F)c4)c(F)c3)c(F)c2)nc1. The maximum atomic E-state index is 15.0. The van der Waals surface area contributed by atoms with Crippen LogP contribution in [-0.2, 0) is 12.5 Å². The maximum absolute atomic E-state index is 15.0. The molecule has 0 N–H and O–H groups in total. The summed E-state index contributed by atoms with van der Waals surface area (Å²) in [4.78, 5) is 4.32. The first-order chi connectivity index (χ1) is 21.1. The van der Waals surface area contributed by atoms with Crippen LogP contribution < -0.4 is 4.74 Å². The van der Waals surface area contributed by atoms with Crippen molar-refractivity contribution in [1.82, 2.24) is 4.98 Å². The van der Waals surface area contributed by atoms with Crippen LogP contribution in [0.15, 0.2) is 91.1 Å². The molecule has 0 fully saturated rings. The van der Waals surface area contributed by atoms with Gasteiger partial charge in [-0.25, -0.2) is 22.0 Å². The minimum Gasteiger partial charge on any atom is -0.429 e. The van der Waals surface area contributed by atoms with E-state index in [1.807, 2.05) is 6.07 Å². The van der Waals surface area contributed by atoms with Gasteiger partial charge in [-0.15, -0.1) is 0 Å². The van der Waals surface area contributed by atoms with Crippen LogP contribution in [0.4, 0.5) is 30.7 Å². The van der Waals surface area contributed by atoms with Gasteiger partial charge in [-0.1, -0.05) is 50.1 Å². The molecule has 1 aromatic heterocycles. The maximum Gasteiger partial charge on any atom is 0.429 e. The Morgan fingerprint density at radius 2 is 1.25 bits per heavy atom. The molecule has 4 aromatic carbocycles. The topological polar surface area (TPSA) is 22.1 Å². The zero-order valence-corrected chi connectivity index (χ0v) is 23.5. The van der Waals surface area contributed by atoms with Crippen LogP contribution in [0.25, 0.3) is 33.5 Å². The van der Waals surface area contributed by atoms with Crippen molar-refractivity contribution in [3.63, 3.8) is 0 Å². The number of rotatable bonds is 10. The molecule has 5 aromatic rings. The highest BCUT2D eigenvalue weighted by Crippen LogP contribution is 2.37. The predicted octanol–water partition coefficient (Wildman–Crippen LogP) is 10.6. The Morgan fingerprint density at radius 3 is 1.86 bits per heavy atom. The Balaban J connectivity index is 1.31. The summed E-state index contributed by atoms with van der Waals surface area (Å²) in [6, 6.07) is 16.0. The number of aryl methyl sites for hydroxylation is 1. The van der Waals surface area contributed by atoms with Crippen molar-refractivity contribution >= 4 is 0 Å². The number of benzene rings is 4. The van der Waals surface area contributed by atoms with Gasteiger partial charge in [-0.05, 0) is 78.1 Å². The monoisotopic (exact) mass is 609 g/mol. The molecule has 1 heterocycles. The van der Waals surface area contributed by atoms with Crippen LogP contribution in [0, 0.1) is 29.1 Å². The standard InChI is InChI=1S/C35H26F7NO/c1-2-3-4-5-21-6-15-34(43-20-21)24-8-13-28(32(39)18-24)35(41,42)44-25-10-12-27(31(38)19-25)22-7-11-26(30(37)16-22)23-9-14-29(36)33(40)17-23/h6-20H,2-5H2,1H3. The molecule has 5 rings (SSSR count). The molecule has 2 nitrogen and oxygen atoms in total. The Labute approximate surface area is 249 Å². The van der Waals surface area contributed by atoms with Gasteiger partial charge in [0.15, 0.2) is 11.6 Å². The molecule has 0 aliphatic carbocycles. The lowest BCUT2D eigenvalue weighted by molar-refractivity contribution is -0.187. The Hall–Kier alpha value is -4.66. The van der Waals surface area contributed by atoms with Crippen LogP contribution in [0.1, 0.15) is 37.3 Å². The fraction of sp³-hybridized carbons (Fsp3) is 0.171. The highest BCUT2D eigenvalue weighted by atomic mass is 19.3. The number of halogens is 7. The van der Waals surface area contributed by atoms with Crippen LogP contribution in [0.5, 0.6) is 5.75 Å². The Kier molecular flexibility index (Phi) is 9.04. The summed E-state index contributed by atoms with van der Waals surface area (Å²) in [5.74, 6) is -5.89. The molecule has 0 saturated heterocycles. The quantitative estimate of drug-likeness (QED) is 0.116. The molecule has 0 unspecified atom stereocenters. The largest absolute Gasteiger partial charge is 0.429 e. The number of nitrogens with zero attached hydrogens (tertiary/aromatic N) is 1. The number of ether oxygens (including phenoxy) is 1. The lowest BCUT2D eigenvalue weighted by atomic mass is 9.99. The van der Waals surface area contributed by atoms with Gasteiger partial charge in [-0.2, -0.15) is 8.78 Å². The Bertz CT molecular complexity index is 1790. The van der Waals surface area contributed by atoms with E-state index < -0.39 is 46.5 Å². The van der Waals surface area contributed by atoms with Crippen LogP contribution in [-0.4, -0.2) is 4.98 Å². The number of hydrogen-bond donors (Lipinski definition) is 0. The second-order valence-corrected chi connectivity index (χ2v) is 10.3. The van der Waals surface area contributed by atoms with E-state index in [0.29, 0.717) is 17.3 Å². The molecule has 0 amide bonds. The van der Waals surface area contributed by atoms with E-state index in [9.17, 15) is 22.0 Å². The van der Waals surface area contributed by atoms with Crippen LogP contribution in [0.2, 0.25) is 0 Å². The molecule has 0 aliphatic rings. The van der Waals surface area contributed by atoms with E-state index >= 15 is 8.78 Å². The van der Waals surface area contributed by atoms with Crippen molar-refractivity contribution in [3.8, 4) is 39.3 Å². The molecular weight excluding hydrogens is 583 g/mol. The third-order valence-corrected chi connectivity index (χ3v) is 7.17. The molecule has 44 heavy (non-hydrogen) atoms. The van der Waals surface area contributed by atoms with Gasteiger partial charge in [0.1, 0.15) is 23.2 Å². The minimum atomic E-state index is -4.15. The number of alkyl halides is 2. The number of unbranched alkanes of at least 4 members (excludes halogenated alkanes) is 2. The lowest BCUT2D eigenvalue weighted by Gasteiger charge is -2.19. The average Bonchev–Trinajstić information content (AvgIpc) is 2.99. The van der Waals surface area contributed by atoms with E-state index in [4.69, 9.17) is 4.74 Å². The van der Waals surface area contributed by atoms with Crippen molar-refractivity contribution in [1.29, 1.82) is 0 Å². The van der Waals surface area contributed by atoms with E-state index in [1.54, 1.807) is 12.3 Å². The van der Waals surface area contributed by atoms with Gasteiger partial charge in [0.25, 0.3) is 0 Å². The van der Waals surface area contributed by atoms with Crippen molar-refractivity contribution in [3.05, 3.63) is 131 Å². The van der Waals surface area contributed by atoms with Gasteiger partial charge in [0.2, 0.25) is 0 Å². The summed E-state index contributed by atoms with van der Waals surface area (Å²) in [5.41, 5.74) is 0.677. The molecule has 0 radical (unpaired) electrons. The molecule has 0 atom stereocenters. The molecule has 9 heteroatoms. The van der Waals surface area contributed by atoms with Gasteiger partial charge < -0.3 is 4.74 Å². The lowest BCUT2D eigenvalue weighted by Crippen LogP contribution is -2.23. The third-order valence-electron chi connectivity index (χ3n) is 7.17. The van der Waals surface area contributed by atoms with Gasteiger partial charge in [0, 0.05) is 29.0 Å². The van der Waals surface area contributed by atoms with Crippen molar-refractivity contribution in [2.24, 2.45) is 0 Å². The molecule has 0 aliphatic heterocycles. The predicted molar refractivity (Wildman–Crippen MR) is 155 cm³/mol. The van der Waals surface area contributed by atoms with Crippen molar-refractivity contribution < 1.29 is 35.5 Å². The first kappa shape index (κ1) is 30.8. The molecule has 0 bridgehead atoms. The summed E-state index contributed by atoms with van der Waals surface area (Å²) in [6.07, 6.45) is 1.61. The second-order valence-electron chi connectivity index (χ2n) is 10.3. The van der Waals surface area contributed by atoms with E-state index in [1.165, 1.54) is 24.3 Å². The molecule has 0 saturated carbocycles. The summed E-state index contributed by atoms with van der Waals surface area (Å²) in [5, 5.41) is 0. The summed E-state index contributed by atoms with van der Waals surface area (Å²) in [6.45, 7) is 2.11. The molecule has 0 spiro atoms.